The molecule has 3 nitrogen and oxygen atoms in total. The Morgan fingerprint density at radius 1 is 0.850 bits per heavy atom. The van der Waals surface area contributed by atoms with Crippen molar-refractivity contribution in [3.63, 3.8) is 0 Å². The summed E-state index contributed by atoms with van der Waals surface area (Å²) >= 11 is 0. The Kier molecular flexibility index (Phi) is 12.6. The molecule has 0 aliphatic rings. The van der Waals surface area contributed by atoms with Gasteiger partial charge < -0.3 is 5.11 Å². The summed E-state index contributed by atoms with van der Waals surface area (Å²) in [6.07, 6.45) is 12.2. The molecule has 0 aliphatic carbocycles. The molecule has 0 radical (unpaired) electrons. The monoisotopic (exact) mass is 284 g/mol. The number of ketones is 1. The van der Waals surface area contributed by atoms with E-state index in [4.69, 9.17) is 5.11 Å². The molecule has 1 N–H and O–H groups in total. The fourth-order valence-corrected chi connectivity index (χ4v) is 2.30. The van der Waals surface area contributed by atoms with E-state index < -0.39 is 5.97 Å². The molecule has 3 heteroatoms. The quantitative estimate of drug-likeness (QED) is 0.458. The number of carbonyl (C=O) groups is 2. The third kappa shape index (κ3) is 12.2. The normalized spacial score (nSPS) is 12.3. The van der Waals surface area contributed by atoms with Gasteiger partial charge >= 0.3 is 5.97 Å². The molecule has 0 heterocycles. The molecule has 1 atom stereocenters. The van der Waals surface area contributed by atoms with Crippen molar-refractivity contribution in [3.8, 4) is 0 Å². The van der Waals surface area contributed by atoms with Gasteiger partial charge in [0.15, 0.2) is 0 Å². The third-order valence-corrected chi connectivity index (χ3v) is 3.82. The molecule has 0 aromatic carbocycles. The van der Waals surface area contributed by atoms with Crippen LogP contribution >= 0.6 is 0 Å². The highest BCUT2D eigenvalue weighted by Gasteiger charge is 2.09. The number of aliphatic carboxylic acids is 1. The zero-order valence-electron chi connectivity index (χ0n) is 13.3. The van der Waals surface area contributed by atoms with E-state index in [-0.39, 0.29) is 5.92 Å². The van der Waals surface area contributed by atoms with Crippen molar-refractivity contribution in [2.45, 2.75) is 90.9 Å². The number of rotatable bonds is 14. The number of hydrogen-bond acceptors (Lipinski definition) is 2. The molecular formula is C17H32O3. The Labute approximate surface area is 124 Å². The molecule has 0 aromatic heterocycles. The second-order valence-corrected chi connectivity index (χ2v) is 5.90. The maximum absolute atomic E-state index is 11.6. The molecular weight excluding hydrogens is 252 g/mol. The first-order valence-corrected chi connectivity index (χ1v) is 8.32. The minimum absolute atomic E-state index is 0.236. The predicted octanol–water partition coefficient (Wildman–Crippen LogP) is 4.98. The smallest absolute Gasteiger partial charge is 0.306 e. The van der Waals surface area contributed by atoms with Crippen LogP contribution in [0, 0.1) is 5.92 Å². The number of Topliss-reactive ketones (excluding diaryl/α,β-unsaturated/α-hetero) is 1. The second kappa shape index (κ2) is 13.1. The lowest BCUT2D eigenvalue weighted by molar-refractivity contribution is -0.141. The van der Waals surface area contributed by atoms with Crippen molar-refractivity contribution in [2.75, 3.05) is 0 Å². The number of carbonyl (C=O) groups excluding carboxylic acids is 1. The van der Waals surface area contributed by atoms with Gasteiger partial charge in [0, 0.05) is 12.8 Å². The van der Waals surface area contributed by atoms with Gasteiger partial charge in [-0.05, 0) is 19.3 Å². The summed E-state index contributed by atoms with van der Waals surface area (Å²) in [7, 11) is 0. The minimum atomic E-state index is -0.705. The predicted molar refractivity (Wildman–Crippen MR) is 82.9 cm³/mol. The molecule has 0 rings (SSSR count). The van der Waals surface area contributed by atoms with Crippen molar-refractivity contribution < 1.29 is 14.7 Å². The van der Waals surface area contributed by atoms with Crippen LogP contribution in [0.1, 0.15) is 90.9 Å². The van der Waals surface area contributed by atoms with Crippen LogP contribution in [0.15, 0.2) is 0 Å². The van der Waals surface area contributed by atoms with Crippen LogP contribution in [0.2, 0.25) is 0 Å². The first-order chi connectivity index (χ1) is 9.57. The Hall–Kier alpha value is -0.860. The lowest BCUT2D eigenvalue weighted by Gasteiger charge is -2.05. The Morgan fingerprint density at radius 3 is 1.85 bits per heavy atom. The van der Waals surface area contributed by atoms with Crippen LogP contribution in [0.5, 0.6) is 0 Å². The Bertz CT molecular complexity index is 261. The number of carboxylic acids is 1. The Balaban J connectivity index is 3.29. The van der Waals surface area contributed by atoms with Gasteiger partial charge in [-0.1, -0.05) is 58.8 Å². The molecule has 0 fully saturated rings. The summed E-state index contributed by atoms with van der Waals surface area (Å²) < 4.78 is 0. The van der Waals surface area contributed by atoms with E-state index in [0.717, 1.165) is 44.9 Å². The summed E-state index contributed by atoms with van der Waals surface area (Å²) in [6, 6.07) is 0. The van der Waals surface area contributed by atoms with Crippen LogP contribution in [-0.4, -0.2) is 16.9 Å². The van der Waals surface area contributed by atoms with Crippen molar-refractivity contribution in [1.82, 2.24) is 0 Å². The summed E-state index contributed by atoms with van der Waals surface area (Å²) in [6.45, 7) is 3.95. The number of carboxylic acid groups (broad SMARTS) is 1. The number of unbranched alkanes of at least 4 members (excludes halogenated alkanes) is 7. The molecule has 0 saturated carbocycles. The third-order valence-electron chi connectivity index (χ3n) is 3.82. The average Bonchev–Trinajstić information content (AvgIpc) is 2.42. The summed E-state index contributed by atoms with van der Waals surface area (Å²) in [5.41, 5.74) is 0. The zero-order valence-corrected chi connectivity index (χ0v) is 13.3. The molecule has 0 bridgehead atoms. The highest BCUT2D eigenvalue weighted by atomic mass is 16.4. The molecule has 0 spiro atoms. The molecule has 0 amide bonds. The maximum atomic E-state index is 11.6. The second-order valence-electron chi connectivity index (χ2n) is 5.90. The van der Waals surface area contributed by atoms with E-state index in [1.807, 2.05) is 0 Å². The van der Waals surface area contributed by atoms with E-state index in [2.05, 4.69) is 6.92 Å². The van der Waals surface area contributed by atoms with Crippen molar-refractivity contribution in [3.05, 3.63) is 0 Å². The van der Waals surface area contributed by atoms with Gasteiger partial charge in [0.25, 0.3) is 0 Å². The van der Waals surface area contributed by atoms with E-state index in [1.54, 1.807) is 6.92 Å². The summed E-state index contributed by atoms with van der Waals surface area (Å²) in [4.78, 5) is 22.3. The van der Waals surface area contributed by atoms with Crippen LogP contribution in [-0.2, 0) is 9.59 Å². The van der Waals surface area contributed by atoms with Gasteiger partial charge in [0.05, 0.1) is 5.92 Å². The first kappa shape index (κ1) is 19.1. The van der Waals surface area contributed by atoms with Crippen LogP contribution in [0.25, 0.3) is 0 Å². The van der Waals surface area contributed by atoms with Crippen molar-refractivity contribution in [1.29, 1.82) is 0 Å². The van der Waals surface area contributed by atoms with Crippen LogP contribution in [0.4, 0.5) is 0 Å². The van der Waals surface area contributed by atoms with Gasteiger partial charge in [-0.25, -0.2) is 0 Å². The van der Waals surface area contributed by atoms with Gasteiger partial charge in [0.1, 0.15) is 5.78 Å². The van der Waals surface area contributed by atoms with E-state index in [1.165, 1.54) is 25.7 Å². The van der Waals surface area contributed by atoms with Crippen molar-refractivity contribution >= 4 is 11.8 Å². The maximum Gasteiger partial charge on any atom is 0.306 e. The molecule has 20 heavy (non-hydrogen) atoms. The SMILES string of the molecule is CCCCCCCC(=O)CCCCCCC(C)C(=O)O. The van der Waals surface area contributed by atoms with Crippen LogP contribution in [0.3, 0.4) is 0 Å². The van der Waals surface area contributed by atoms with Gasteiger partial charge in [-0.3, -0.25) is 9.59 Å². The molecule has 1 unspecified atom stereocenters. The van der Waals surface area contributed by atoms with Gasteiger partial charge in [-0.15, -0.1) is 0 Å². The Morgan fingerprint density at radius 2 is 1.35 bits per heavy atom. The van der Waals surface area contributed by atoms with Gasteiger partial charge in [0.2, 0.25) is 0 Å². The fourth-order valence-electron chi connectivity index (χ4n) is 2.30. The van der Waals surface area contributed by atoms with E-state index in [9.17, 15) is 9.59 Å². The lowest BCUT2D eigenvalue weighted by atomic mass is 10.0. The largest absolute Gasteiger partial charge is 0.481 e. The fraction of sp³-hybridized carbons (Fsp3) is 0.882. The molecule has 0 saturated heterocycles. The summed E-state index contributed by atoms with van der Waals surface area (Å²) in [5, 5.41) is 8.75. The zero-order chi connectivity index (χ0) is 15.2. The van der Waals surface area contributed by atoms with Gasteiger partial charge in [-0.2, -0.15) is 0 Å². The first-order valence-electron chi connectivity index (χ1n) is 8.32. The van der Waals surface area contributed by atoms with E-state index in [0.29, 0.717) is 12.2 Å². The average molecular weight is 284 g/mol. The summed E-state index contributed by atoms with van der Waals surface area (Å²) in [5.74, 6) is -0.539. The highest BCUT2D eigenvalue weighted by molar-refractivity contribution is 5.78. The van der Waals surface area contributed by atoms with Crippen LogP contribution < -0.4 is 0 Å². The number of hydrogen-bond donors (Lipinski definition) is 1. The molecule has 0 aromatic rings. The lowest BCUT2D eigenvalue weighted by Crippen LogP contribution is -2.08. The van der Waals surface area contributed by atoms with Crippen molar-refractivity contribution in [2.24, 2.45) is 5.92 Å². The highest BCUT2D eigenvalue weighted by Crippen LogP contribution is 2.13. The molecule has 0 aliphatic heterocycles. The minimum Gasteiger partial charge on any atom is -0.481 e. The topological polar surface area (TPSA) is 54.4 Å². The molecule has 118 valence electrons. The van der Waals surface area contributed by atoms with E-state index >= 15 is 0 Å². The standard InChI is InChI=1S/C17H32O3/c1-3-4-5-6-10-13-16(18)14-11-8-7-9-12-15(2)17(19)20/h15H,3-14H2,1-2H3,(H,19,20).